The van der Waals surface area contributed by atoms with Gasteiger partial charge in [-0.15, -0.1) is 0 Å². The van der Waals surface area contributed by atoms with E-state index in [9.17, 15) is 5.11 Å². The fraction of sp³-hybridized carbons (Fsp3) is 0.600. The molecule has 2 saturated heterocycles. The number of nitrogen functional groups attached to an aromatic ring is 1. The van der Waals surface area contributed by atoms with E-state index in [-0.39, 0.29) is 0 Å². The number of benzene rings is 1. The Bertz CT molecular complexity index is 463. The number of likely N-dealkylation sites (tertiary alicyclic amines) is 1. The molecule has 19 heavy (non-hydrogen) atoms. The van der Waals surface area contributed by atoms with Crippen LogP contribution in [0.3, 0.4) is 0 Å². The van der Waals surface area contributed by atoms with Crippen molar-refractivity contribution in [3.8, 4) is 5.75 Å². The lowest BCUT2D eigenvalue weighted by Crippen LogP contribution is -2.36. The molecule has 0 amide bonds. The van der Waals surface area contributed by atoms with Crippen LogP contribution in [-0.4, -0.2) is 47.1 Å². The molecule has 3 rings (SSSR count). The van der Waals surface area contributed by atoms with Gasteiger partial charge in [0.1, 0.15) is 5.75 Å². The van der Waals surface area contributed by atoms with Crippen LogP contribution in [-0.2, 0) is 6.54 Å². The van der Waals surface area contributed by atoms with Gasteiger partial charge in [0.15, 0.2) is 0 Å². The second-order valence-electron chi connectivity index (χ2n) is 5.96. The Balaban J connectivity index is 1.72. The lowest BCUT2D eigenvalue weighted by molar-refractivity contribution is 0.213. The largest absolute Gasteiger partial charge is 0.508 e. The van der Waals surface area contributed by atoms with Gasteiger partial charge in [-0.25, -0.2) is 0 Å². The van der Waals surface area contributed by atoms with Crippen LogP contribution in [0, 0.1) is 0 Å². The third-order valence-corrected chi connectivity index (χ3v) is 4.73. The molecule has 2 aliphatic heterocycles. The lowest BCUT2D eigenvalue weighted by atomic mass is 10.1. The van der Waals surface area contributed by atoms with E-state index in [0.29, 0.717) is 11.8 Å². The van der Waals surface area contributed by atoms with Crippen molar-refractivity contribution in [2.24, 2.45) is 0 Å². The van der Waals surface area contributed by atoms with Crippen LogP contribution in [0.5, 0.6) is 5.75 Å². The molecular formula is C15H23N3O. The van der Waals surface area contributed by atoms with Gasteiger partial charge in [0.05, 0.1) is 0 Å². The molecule has 104 valence electrons. The van der Waals surface area contributed by atoms with Crippen LogP contribution in [0.1, 0.15) is 24.8 Å². The third kappa shape index (κ3) is 2.55. The molecule has 0 aliphatic carbocycles. The standard InChI is InChI=1S/C15H23N3O/c1-17-13-3-4-14(17)10-18(7-6-13)9-11-8-12(16)2-5-15(11)19/h2,5,8,13-14,19H,3-4,6-7,9-10,16H2,1H3. The summed E-state index contributed by atoms with van der Waals surface area (Å²) >= 11 is 0. The first-order chi connectivity index (χ1) is 9.13. The number of rotatable bonds is 2. The van der Waals surface area contributed by atoms with Crippen LogP contribution >= 0.6 is 0 Å². The van der Waals surface area contributed by atoms with Gasteiger partial charge in [0.2, 0.25) is 0 Å². The van der Waals surface area contributed by atoms with E-state index in [1.165, 1.54) is 19.3 Å². The van der Waals surface area contributed by atoms with Crippen LogP contribution in [0.25, 0.3) is 0 Å². The van der Waals surface area contributed by atoms with E-state index in [1.807, 2.05) is 6.07 Å². The smallest absolute Gasteiger partial charge is 0.120 e. The molecule has 2 aliphatic rings. The zero-order valence-corrected chi connectivity index (χ0v) is 11.5. The number of anilines is 1. The average Bonchev–Trinajstić information content (AvgIpc) is 2.62. The van der Waals surface area contributed by atoms with Crippen molar-refractivity contribution < 1.29 is 5.11 Å². The molecule has 4 heteroatoms. The van der Waals surface area contributed by atoms with Crippen LogP contribution in [0.15, 0.2) is 18.2 Å². The average molecular weight is 261 g/mol. The highest BCUT2D eigenvalue weighted by molar-refractivity contribution is 5.47. The molecule has 3 N–H and O–H groups in total. The fourth-order valence-electron chi connectivity index (χ4n) is 3.50. The Morgan fingerprint density at radius 1 is 1.26 bits per heavy atom. The number of aromatic hydroxyl groups is 1. The van der Waals surface area contributed by atoms with Crippen molar-refractivity contribution in [1.29, 1.82) is 0 Å². The van der Waals surface area contributed by atoms with Crippen molar-refractivity contribution in [2.75, 3.05) is 25.9 Å². The van der Waals surface area contributed by atoms with Gasteiger partial charge in [0.25, 0.3) is 0 Å². The Morgan fingerprint density at radius 2 is 2.05 bits per heavy atom. The molecular weight excluding hydrogens is 238 g/mol. The van der Waals surface area contributed by atoms with E-state index < -0.39 is 0 Å². The predicted octanol–water partition coefficient (Wildman–Crippen LogP) is 1.64. The molecule has 2 bridgehead atoms. The topological polar surface area (TPSA) is 52.7 Å². The maximum absolute atomic E-state index is 9.93. The van der Waals surface area contributed by atoms with Crippen LogP contribution in [0.2, 0.25) is 0 Å². The van der Waals surface area contributed by atoms with E-state index >= 15 is 0 Å². The van der Waals surface area contributed by atoms with Crippen molar-refractivity contribution in [1.82, 2.24) is 9.80 Å². The summed E-state index contributed by atoms with van der Waals surface area (Å²) in [7, 11) is 2.25. The summed E-state index contributed by atoms with van der Waals surface area (Å²) < 4.78 is 0. The highest BCUT2D eigenvalue weighted by Crippen LogP contribution is 2.30. The van der Waals surface area contributed by atoms with E-state index in [1.54, 1.807) is 12.1 Å². The maximum Gasteiger partial charge on any atom is 0.120 e. The quantitative estimate of drug-likeness (QED) is 0.628. The number of nitrogens with two attached hydrogens (primary N) is 1. The SMILES string of the molecule is CN1C2CCC1CN(Cc1cc(N)ccc1O)CC2. The van der Waals surface area contributed by atoms with E-state index in [4.69, 9.17) is 5.73 Å². The van der Waals surface area contributed by atoms with Gasteiger partial charge in [-0.2, -0.15) is 0 Å². The fourth-order valence-corrected chi connectivity index (χ4v) is 3.50. The summed E-state index contributed by atoms with van der Waals surface area (Å²) in [6.45, 7) is 3.01. The van der Waals surface area contributed by atoms with Gasteiger partial charge in [-0.05, 0) is 44.5 Å². The minimum Gasteiger partial charge on any atom is -0.508 e. The Labute approximate surface area is 114 Å². The molecule has 0 aromatic heterocycles. The first kappa shape index (κ1) is 12.8. The predicted molar refractivity (Wildman–Crippen MR) is 77.0 cm³/mol. The summed E-state index contributed by atoms with van der Waals surface area (Å²) in [6, 6.07) is 6.76. The van der Waals surface area contributed by atoms with E-state index in [2.05, 4.69) is 16.8 Å². The van der Waals surface area contributed by atoms with Gasteiger partial charge in [-0.3, -0.25) is 9.80 Å². The molecule has 0 saturated carbocycles. The number of nitrogens with zero attached hydrogens (tertiary/aromatic N) is 2. The Kier molecular flexibility index (Phi) is 3.37. The lowest BCUT2D eigenvalue weighted by Gasteiger charge is -2.26. The minimum atomic E-state index is 0.358. The minimum absolute atomic E-state index is 0.358. The third-order valence-electron chi connectivity index (χ3n) is 4.73. The zero-order chi connectivity index (χ0) is 13.4. The molecule has 1 aromatic rings. The highest BCUT2D eigenvalue weighted by atomic mass is 16.3. The molecule has 2 unspecified atom stereocenters. The second kappa shape index (κ2) is 5.02. The number of phenols is 1. The number of hydrogen-bond donors (Lipinski definition) is 2. The van der Waals surface area contributed by atoms with E-state index in [0.717, 1.165) is 36.9 Å². The second-order valence-corrected chi connectivity index (χ2v) is 5.96. The van der Waals surface area contributed by atoms with Crippen molar-refractivity contribution in [3.63, 3.8) is 0 Å². The molecule has 2 heterocycles. The Hall–Kier alpha value is -1.26. The van der Waals surface area contributed by atoms with Crippen molar-refractivity contribution >= 4 is 5.69 Å². The number of fused-ring (bicyclic) bond motifs is 2. The monoisotopic (exact) mass is 261 g/mol. The van der Waals surface area contributed by atoms with Gasteiger partial charge in [0, 0.05) is 43.0 Å². The molecule has 2 fully saturated rings. The van der Waals surface area contributed by atoms with Crippen molar-refractivity contribution in [3.05, 3.63) is 23.8 Å². The number of hydrogen-bond acceptors (Lipinski definition) is 4. The molecule has 1 aromatic carbocycles. The highest BCUT2D eigenvalue weighted by Gasteiger charge is 2.34. The summed E-state index contributed by atoms with van der Waals surface area (Å²) in [4.78, 5) is 4.99. The summed E-state index contributed by atoms with van der Waals surface area (Å²) in [6.07, 6.45) is 3.88. The summed E-state index contributed by atoms with van der Waals surface area (Å²) in [5, 5.41) is 9.93. The zero-order valence-electron chi connectivity index (χ0n) is 11.5. The number of phenolic OH excluding ortho intramolecular Hbond substituents is 1. The Morgan fingerprint density at radius 3 is 2.89 bits per heavy atom. The molecule has 4 nitrogen and oxygen atoms in total. The van der Waals surface area contributed by atoms with Gasteiger partial charge < -0.3 is 10.8 Å². The normalized spacial score (nSPS) is 28.5. The maximum atomic E-state index is 9.93. The van der Waals surface area contributed by atoms with Crippen molar-refractivity contribution in [2.45, 2.75) is 37.9 Å². The van der Waals surface area contributed by atoms with Crippen LogP contribution in [0.4, 0.5) is 5.69 Å². The first-order valence-corrected chi connectivity index (χ1v) is 7.15. The summed E-state index contributed by atoms with van der Waals surface area (Å²) in [5.74, 6) is 0.358. The molecule has 2 atom stereocenters. The summed E-state index contributed by atoms with van der Waals surface area (Å²) in [5.41, 5.74) is 7.48. The first-order valence-electron chi connectivity index (χ1n) is 7.15. The molecule has 0 radical (unpaired) electrons. The van der Waals surface area contributed by atoms with Gasteiger partial charge in [-0.1, -0.05) is 0 Å². The van der Waals surface area contributed by atoms with Gasteiger partial charge >= 0.3 is 0 Å². The molecule has 0 spiro atoms. The van der Waals surface area contributed by atoms with Crippen LogP contribution < -0.4 is 5.73 Å². The number of likely N-dealkylation sites (N-methyl/N-ethyl adjacent to an activating group) is 1.